The van der Waals surface area contributed by atoms with E-state index in [2.05, 4.69) is 5.32 Å². The van der Waals surface area contributed by atoms with E-state index in [1.165, 1.54) is 0 Å². The Balaban J connectivity index is 2.50. The van der Waals surface area contributed by atoms with E-state index in [9.17, 15) is 9.59 Å². The number of aryl methyl sites for hydroxylation is 1. The summed E-state index contributed by atoms with van der Waals surface area (Å²) in [5.74, 6) is -0.444. The van der Waals surface area contributed by atoms with Crippen LogP contribution in [0.15, 0.2) is 24.3 Å². The zero-order chi connectivity index (χ0) is 15.0. The first-order valence-electron chi connectivity index (χ1n) is 6.82. The Morgan fingerprint density at radius 1 is 1.20 bits per heavy atom. The number of aliphatic hydroxyl groups excluding tert-OH is 1. The second-order valence-electron chi connectivity index (χ2n) is 4.65. The smallest absolute Gasteiger partial charge is 0.251 e. The van der Waals surface area contributed by atoms with Crippen LogP contribution >= 0.6 is 0 Å². The first-order valence-corrected chi connectivity index (χ1v) is 6.82. The molecule has 2 amide bonds. The molecule has 0 unspecified atom stereocenters. The highest BCUT2D eigenvalue weighted by molar-refractivity contribution is 5.96. The summed E-state index contributed by atoms with van der Waals surface area (Å²) in [6, 6.07) is 7.16. The van der Waals surface area contributed by atoms with Crippen LogP contribution in [0.3, 0.4) is 0 Å². The third-order valence-corrected chi connectivity index (χ3v) is 2.93. The largest absolute Gasteiger partial charge is 0.395 e. The van der Waals surface area contributed by atoms with Gasteiger partial charge in [-0.05, 0) is 25.5 Å². The summed E-state index contributed by atoms with van der Waals surface area (Å²) in [6.07, 6.45) is 0.817. The topological polar surface area (TPSA) is 69.6 Å². The fraction of sp³-hybridized carbons (Fsp3) is 0.467. The molecule has 0 aliphatic rings. The Morgan fingerprint density at radius 2 is 1.85 bits per heavy atom. The molecule has 20 heavy (non-hydrogen) atoms. The van der Waals surface area contributed by atoms with Gasteiger partial charge in [0.1, 0.15) is 0 Å². The van der Waals surface area contributed by atoms with E-state index in [0.717, 1.165) is 12.0 Å². The quantitative estimate of drug-likeness (QED) is 0.780. The molecule has 1 aromatic carbocycles. The average Bonchev–Trinajstić information content (AvgIpc) is 2.45. The molecule has 5 heteroatoms. The molecule has 0 saturated heterocycles. The van der Waals surface area contributed by atoms with Crippen LogP contribution in [-0.2, 0) is 4.79 Å². The first kappa shape index (κ1) is 16.2. The maximum Gasteiger partial charge on any atom is 0.251 e. The number of rotatable bonds is 7. The predicted octanol–water partition coefficient (Wildman–Crippen LogP) is 0.956. The summed E-state index contributed by atoms with van der Waals surface area (Å²) in [5.41, 5.74) is 1.61. The number of aliphatic hydroxyl groups is 1. The van der Waals surface area contributed by atoms with Crippen molar-refractivity contribution in [3.8, 4) is 0 Å². The Morgan fingerprint density at radius 3 is 2.40 bits per heavy atom. The summed E-state index contributed by atoms with van der Waals surface area (Å²) in [6.45, 7) is 4.67. The van der Waals surface area contributed by atoms with Gasteiger partial charge in [-0.15, -0.1) is 0 Å². The van der Waals surface area contributed by atoms with E-state index in [1.54, 1.807) is 17.0 Å². The van der Waals surface area contributed by atoms with Crippen LogP contribution in [0, 0.1) is 6.92 Å². The van der Waals surface area contributed by atoms with Crippen molar-refractivity contribution < 1.29 is 14.7 Å². The van der Waals surface area contributed by atoms with E-state index in [-0.39, 0.29) is 25.0 Å². The monoisotopic (exact) mass is 278 g/mol. The summed E-state index contributed by atoms with van der Waals surface area (Å²) >= 11 is 0. The SMILES string of the molecule is CCCN(CCO)C(=O)CNC(=O)c1ccc(C)cc1. The van der Waals surface area contributed by atoms with Gasteiger partial charge < -0.3 is 15.3 Å². The molecular formula is C15H22N2O3. The molecule has 0 atom stereocenters. The Labute approximate surface area is 119 Å². The standard InChI is InChI=1S/C15H22N2O3/c1-3-8-17(9-10-18)14(19)11-16-15(20)13-6-4-12(2)5-7-13/h4-7,18H,3,8-11H2,1-2H3,(H,16,20). The molecule has 110 valence electrons. The number of hydrogen-bond acceptors (Lipinski definition) is 3. The molecule has 0 aliphatic carbocycles. The van der Waals surface area contributed by atoms with Crippen molar-refractivity contribution in [3.63, 3.8) is 0 Å². The molecule has 0 radical (unpaired) electrons. The highest BCUT2D eigenvalue weighted by atomic mass is 16.3. The van der Waals surface area contributed by atoms with Crippen molar-refractivity contribution in [1.29, 1.82) is 0 Å². The molecule has 0 aromatic heterocycles. The van der Waals surface area contributed by atoms with Gasteiger partial charge in [0.2, 0.25) is 5.91 Å². The number of carbonyl (C=O) groups excluding carboxylic acids is 2. The number of carbonyl (C=O) groups is 2. The van der Waals surface area contributed by atoms with Crippen molar-refractivity contribution in [2.24, 2.45) is 0 Å². The number of benzene rings is 1. The minimum absolute atomic E-state index is 0.0489. The second-order valence-corrected chi connectivity index (χ2v) is 4.65. The van der Waals surface area contributed by atoms with E-state index in [4.69, 9.17) is 5.11 Å². The summed E-state index contributed by atoms with van der Waals surface area (Å²) in [5, 5.41) is 11.5. The Kier molecular flexibility index (Phi) is 6.73. The lowest BCUT2D eigenvalue weighted by molar-refractivity contribution is -0.130. The lowest BCUT2D eigenvalue weighted by Crippen LogP contribution is -2.41. The minimum Gasteiger partial charge on any atom is -0.395 e. The van der Waals surface area contributed by atoms with Crippen molar-refractivity contribution in [2.45, 2.75) is 20.3 Å². The van der Waals surface area contributed by atoms with E-state index in [0.29, 0.717) is 18.7 Å². The summed E-state index contributed by atoms with van der Waals surface area (Å²) in [4.78, 5) is 25.3. The maximum atomic E-state index is 11.9. The van der Waals surface area contributed by atoms with Gasteiger partial charge in [-0.3, -0.25) is 9.59 Å². The molecule has 0 bridgehead atoms. The fourth-order valence-corrected chi connectivity index (χ4v) is 1.83. The van der Waals surface area contributed by atoms with Gasteiger partial charge >= 0.3 is 0 Å². The molecule has 1 rings (SSSR count). The van der Waals surface area contributed by atoms with Crippen molar-refractivity contribution in [1.82, 2.24) is 10.2 Å². The second kappa shape index (κ2) is 8.32. The van der Waals surface area contributed by atoms with Crippen molar-refractivity contribution in [3.05, 3.63) is 35.4 Å². The lowest BCUT2D eigenvalue weighted by atomic mass is 10.1. The summed E-state index contributed by atoms with van der Waals surface area (Å²) in [7, 11) is 0. The highest BCUT2D eigenvalue weighted by Crippen LogP contribution is 2.02. The maximum absolute atomic E-state index is 11.9. The van der Waals surface area contributed by atoms with Crippen LogP contribution < -0.4 is 5.32 Å². The Hall–Kier alpha value is -1.88. The van der Waals surface area contributed by atoms with Gasteiger partial charge in [-0.2, -0.15) is 0 Å². The number of nitrogens with zero attached hydrogens (tertiary/aromatic N) is 1. The molecule has 2 N–H and O–H groups in total. The van der Waals surface area contributed by atoms with Crippen LogP contribution in [-0.4, -0.2) is 48.1 Å². The first-order chi connectivity index (χ1) is 9.58. The van der Waals surface area contributed by atoms with E-state index < -0.39 is 0 Å². The average molecular weight is 278 g/mol. The number of nitrogens with one attached hydrogen (secondary N) is 1. The molecule has 0 aliphatic heterocycles. The molecule has 0 spiro atoms. The Bertz CT molecular complexity index is 437. The zero-order valence-electron chi connectivity index (χ0n) is 12.1. The van der Waals surface area contributed by atoms with Crippen LogP contribution in [0.5, 0.6) is 0 Å². The molecule has 5 nitrogen and oxygen atoms in total. The third-order valence-electron chi connectivity index (χ3n) is 2.93. The number of amides is 2. The minimum atomic E-state index is -0.265. The number of hydrogen-bond donors (Lipinski definition) is 2. The van der Waals surface area contributed by atoms with Crippen LogP contribution in [0.1, 0.15) is 29.3 Å². The predicted molar refractivity (Wildman–Crippen MR) is 77.5 cm³/mol. The van der Waals surface area contributed by atoms with Gasteiger partial charge in [0.05, 0.1) is 13.2 Å². The molecule has 0 heterocycles. The van der Waals surface area contributed by atoms with Crippen LogP contribution in [0.2, 0.25) is 0 Å². The van der Waals surface area contributed by atoms with Gasteiger partial charge in [-0.25, -0.2) is 0 Å². The molecular weight excluding hydrogens is 256 g/mol. The third kappa shape index (κ3) is 5.01. The van der Waals surface area contributed by atoms with Crippen molar-refractivity contribution in [2.75, 3.05) is 26.2 Å². The fourth-order valence-electron chi connectivity index (χ4n) is 1.83. The molecule has 0 saturated carbocycles. The molecule has 0 fully saturated rings. The highest BCUT2D eigenvalue weighted by Gasteiger charge is 2.13. The van der Waals surface area contributed by atoms with Crippen molar-refractivity contribution >= 4 is 11.8 Å². The lowest BCUT2D eigenvalue weighted by Gasteiger charge is -2.21. The summed E-state index contributed by atoms with van der Waals surface area (Å²) < 4.78 is 0. The van der Waals surface area contributed by atoms with Crippen LogP contribution in [0.4, 0.5) is 0 Å². The zero-order valence-corrected chi connectivity index (χ0v) is 12.1. The molecule has 1 aromatic rings. The van der Waals surface area contributed by atoms with Crippen LogP contribution in [0.25, 0.3) is 0 Å². The van der Waals surface area contributed by atoms with Gasteiger partial charge in [0.25, 0.3) is 5.91 Å². The van der Waals surface area contributed by atoms with E-state index in [1.807, 2.05) is 26.0 Å². The van der Waals surface area contributed by atoms with Gasteiger partial charge in [0.15, 0.2) is 0 Å². The van der Waals surface area contributed by atoms with Gasteiger partial charge in [-0.1, -0.05) is 24.6 Å². The van der Waals surface area contributed by atoms with E-state index >= 15 is 0 Å². The van der Waals surface area contributed by atoms with Gasteiger partial charge in [0, 0.05) is 18.7 Å². The normalized spacial score (nSPS) is 10.2.